The fourth-order valence-corrected chi connectivity index (χ4v) is 1.72. The molecule has 1 rings (SSSR count). The molecule has 20 heteroatoms. The molecular formula is C19H32I5N4O7S2U2-. The molecule has 226 valence electrons. The predicted octanol–water partition coefficient (Wildman–Crippen LogP) is 4.41. The van der Waals surface area contributed by atoms with Gasteiger partial charge in [0.05, 0.1) is 13.7 Å². The molecule has 1 aromatic rings. The van der Waals surface area contributed by atoms with Gasteiger partial charge in [-0.2, -0.15) is 7.11 Å². The summed E-state index contributed by atoms with van der Waals surface area (Å²) in [5.74, 6) is 0. The third-order valence-corrected chi connectivity index (χ3v) is 3.97. The molecule has 0 atom stereocenters. The summed E-state index contributed by atoms with van der Waals surface area (Å²) in [6, 6.07) is 0. The number of nitrogens with two attached hydrogens (primary N) is 1. The van der Waals surface area contributed by atoms with Gasteiger partial charge >= 0.3 is 119 Å². The average Bonchev–Trinajstić information content (AvgIpc) is 2.84. The van der Waals surface area contributed by atoms with E-state index in [4.69, 9.17) is 29.2 Å². The number of aromatic amines is 1. The van der Waals surface area contributed by atoms with Crippen molar-refractivity contribution in [2.45, 2.75) is 41.5 Å². The van der Waals surface area contributed by atoms with E-state index >= 15 is 0 Å². The van der Waals surface area contributed by atoms with Crippen LogP contribution in [0.2, 0.25) is 0 Å². The molecule has 11 nitrogen and oxygen atoms in total. The van der Waals surface area contributed by atoms with E-state index in [-0.39, 0.29) is 74.1 Å². The maximum absolute atomic E-state index is 10.9. The first-order valence-electron chi connectivity index (χ1n) is 9.07. The molecule has 0 radical (unpaired) electrons. The number of hydrogen-bond acceptors (Lipinski definition) is 9. The number of nitrogens with one attached hydrogen (secondary N) is 2. The Kier molecular flexibility index (Phi) is 75.8. The Hall–Kier alpha value is 3.30. The summed E-state index contributed by atoms with van der Waals surface area (Å²) in [5.41, 5.74) is 3.20. The Labute approximate surface area is 342 Å². The summed E-state index contributed by atoms with van der Waals surface area (Å²) in [6.45, 7) is 12.6. The Morgan fingerprint density at radius 2 is 1.56 bits per heavy atom. The number of aryl methyl sites for hydroxylation is 1. The maximum Gasteiger partial charge on any atom is 2.00 e. The predicted molar refractivity (Wildman–Crippen MR) is 185 cm³/mol. The van der Waals surface area contributed by atoms with Crippen molar-refractivity contribution < 1.29 is 104 Å². The minimum Gasteiger partial charge on any atom is -0.693 e. The Morgan fingerprint density at radius 3 is 1.82 bits per heavy atom. The second-order valence-electron chi connectivity index (χ2n) is 5.51. The molecule has 0 fully saturated rings. The van der Waals surface area contributed by atoms with Crippen LogP contribution in [0, 0.1) is 87.8 Å². The number of amides is 1. The van der Waals surface area contributed by atoms with Crippen LogP contribution >= 0.6 is 98.9 Å². The van der Waals surface area contributed by atoms with Gasteiger partial charge < -0.3 is 35.3 Å². The Balaban J connectivity index is -0.0000000548. The summed E-state index contributed by atoms with van der Waals surface area (Å²) in [4.78, 5) is 44.6. The summed E-state index contributed by atoms with van der Waals surface area (Å²) in [5, 5.41) is 2.47. The van der Waals surface area contributed by atoms with Gasteiger partial charge in [-0.25, -0.2) is 4.79 Å². The van der Waals surface area contributed by atoms with Crippen molar-refractivity contribution in [3.05, 3.63) is 50.8 Å². The molecule has 4 N–H and O–H groups in total. The van der Waals surface area contributed by atoms with Crippen LogP contribution in [-0.2, 0) is 24.0 Å². The summed E-state index contributed by atoms with van der Waals surface area (Å²) < 4.78 is 8.90. The number of methoxy groups -OCH3 is 1. The zero-order valence-corrected chi connectivity index (χ0v) is 43.3. The number of carbonyl (C=O) groups is 1. The Bertz CT molecular complexity index is 862. The fraction of sp³-hybridized carbons (Fsp3) is 0.474. The molecule has 0 bridgehead atoms. The van der Waals surface area contributed by atoms with E-state index in [0.29, 0.717) is 35.2 Å². The van der Waals surface area contributed by atoms with Gasteiger partial charge in [0.2, 0.25) is 0 Å². The summed E-state index contributed by atoms with van der Waals surface area (Å²) in [7, 11) is 5.53. The number of alkyl carbamates (subject to hydrolysis) is 1. The molecule has 0 saturated heterocycles. The van der Waals surface area contributed by atoms with E-state index in [9.17, 15) is 9.59 Å². The van der Waals surface area contributed by atoms with Gasteiger partial charge in [0.15, 0.2) is 5.69 Å². The first-order valence-corrected chi connectivity index (χ1v) is 28.7. The van der Waals surface area contributed by atoms with Gasteiger partial charge in [0.1, 0.15) is 4.99 Å². The molecule has 0 aromatic carbocycles. The number of hydrogen-bond donors (Lipinski definition) is 2. The van der Waals surface area contributed by atoms with Crippen LogP contribution in [-0.4, -0.2) is 43.4 Å². The smallest absolute Gasteiger partial charge is 0.693 e. The van der Waals surface area contributed by atoms with E-state index in [2.05, 4.69) is 116 Å². The quantitative estimate of drug-likeness (QED) is 0.110. The molecule has 0 aliphatic rings. The van der Waals surface area contributed by atoms with Gasteiger partial charge in [-0.1, -0.05) is 42.2 Å². The molecular weight excluding hydrogens is 1570 g/mol. The fourth-order valence-electron chi connectivity index (χ4n) is 1.20. The van der Waals surface area contributed by atoms with Crippen molar-refractivity contribution in [2.75, 3.05) is 20.8 Å². The molecule has 0 unspecified atom stereocenters. The molecule has 0 aliphatic carbocycles. The van der Waals surface area contributed by atoms with E-state index in [0.717, 1.165) is 16.7 Å². The van der Waals surface area contributed by atoms with Crippen LogP contribution in [0.25, 0.3) is 6.15 Å². The standard InChI is InChI=1S/C9H15NO2S.C6H8N2OS.C2H3O2.C2H5O2.I3.I2.H2N.2U/c1-5-12-9(11)10-8(13)7(4)6(2)3;1-3-4(2)7-6(9)8-5(3)10;1-4-2-3;1-3-4-2;1-3-2;1-2;;;/h5H2,1-4H3,(H,10,11,13);1-2H3,(H2,7,8,9,10);1H3;1H2,2H3;;;1H2;;/q;;3*-1;;-1;2*+2/p-1. The summed E-state index contributed by atoms with van der Waals surface area (Å²) >= 11 is 19.3. The number of aromatic nitrogens is 2. The second-order valence-corrected chi connectivity index (χ2v) is 22.6. The van der Waals surface area contributed by atoms with Gasteiger partial charge in [-0.15, -0.1) is 0 Å². The molecule has 1 amide bonds. The minimum atomic E-state index is -0.492. The van der Waals surface area contributed by atoms with Gasteiger partial charge in [0, 0.05) is 49.0 Å². The second kappa shape index (κ2) is 48.2. The van der Waals surface area contributed by atoms with Crippen molar-refractivity contribution in [1.29, 1.82) is 0 Å². The molecule has 39 heavy (non-hydrogen) atoms. The zero-order chi connectivity index (χ0) is 29.7. The van der Waals surface area contributed by atoms with Crippen LogP contribution in [0.3, 0.4) is 0 Å². The number of ether oxygens (including phenoxy) is 2. The molecule has 0 aliphatic heterocycles. The van der Waals surface area contributed by atoms with Gasteiger partial charge in [-0.05, 0) is 52.7 Å². The van der Waals surface area contributed by atoms with E-state index in [1.165, 1.54) is 20.7 Å². The van der Waals surface area contributed by atoms with Crippen LogP contribution < -0.4 is 29.2 Å². The average molecular weight is 1600 g/mol. The largest absolute Gasteiger partial charge is 2.00 e. The third-order valence-electron chi connectivity index (χ3n) is 3.16. The van der Waals surface area contributed by atoms with E-state index in [1.807, 2.05) is 27.7 Å². The van der Waals surface area contributed by atoms with Crippen LogP contribution in [0.15, 0.2) is 15.9 Å². The number of allylic oxidation sites excluding steroid dienone is 1. The number of halogens is 5. The third kappa shape index (κ3) is 48.4. The number of rotatable bonds is 4. The summed E-state index contributed by atoms with van der Waals surface area (Å²) in [6.07, 6.45) is -0.492. The first kappa shape index (κ1) is 61.3. The molecule has 1 heterocycles. The van der Waals surface area contributed by atoms with Crippen LogP contribution in [0.1, 0.15) is 39.0 Å². The van der Waals surface area contributed by atoms with Crippen molar-refractivity contribution in [3.63, 3.8) is 0 Å². The number of thiocarbonyl (C=S) groups is 1. The van der Waals surface area contributed by atoms with Gasteiger partial charge in [-0.3, -0.25) is 15.0 Å². The van der Waals surface area contributed by atoms with E-state index < -0.39 is 6.09 Å². The molecule has 1 aromatic heterocycles. The number of carbonyl (C=O) groups excluding carboxylic acids is 2. The maximum atomic E-state index is 10.9. The van der Waals surface area contributed by atoms with E-state index in [1.54, 1.807) is 13.8 Å². The molecule has 0 saturated carbocycles. The number of nitrogens with zero attached hydrogens (tertiary/aromatic N) is 1. The number of H-pyrrole nitrogens is 1. The van der Waals surface area contributed by atoms with Crippen LogP contribution in [0.5, 0.6) is 0 Å². The normalized spacial score (nSPS) is 7.51. The minimum absolute atomic E-state index is 0. The zero-order valence-electron chi connectivity index (χ0n) is 22.5. The van der Waals surface area contributed by atoms with Crippen molar-refractivity contribution in [3.8, 4) is 0 Å². The van der Waals surface area contributed by atoms with Crippen molar-refractivity contribution in [2.24, 2.45) is 0 Å². The SMILES string of the molecule is CCOC(=O)NC(=S)C(C)=C(C)C.CO[C-]=O.Cc1[n-]c(=O)[nH]c(=S)c1C.II.I[I-]I.[CH2-]OOC.[NH2-].[U+2].[U+2]. The van der Waals surface area contributed by atoms with Crippen molar-refractivity contribution >= 4 is 116 Å². The monoisotopic (exact) mass is 1600 g/mol. The Morgan fingerprint density at radius 1 is 1.18 bits per heavy atom. The van der Waals surface area contributed by atoms with Crippen LogP contribution in [0.4, 0.5) is 4.79 Å². The first-order chi connectivity index (χ1) is 16.8. The van der Waals surface area contributed by atoms with Gasteiger partial charge in [0.25, 0.3) is 0 Å². The molecule has 0 spiro atoms. The van der Waals surface area contributed by atoms with Crippen molar-refractivity contribution in [1.82, 2.24) is 15.3 Å². The topological polar surface area (TPSA) is 164 Å².